The van der Waals surface area contributed by atoms with Crippen LogP contribution in [0.1, 0.15) is 37.1 Å². The number of halogens is 1. The lowest BCUT2D eigenvalue weighted by atomic mass is 10.0. The minimum atomic E-state index is -0.193. The first-order valence-electron chi connectivity index (χ1n) is 6.75. The molecule has 0 aliphatic carbocycles. The maximum atomic E-state index is 12.9. The zero-order valence-electron chi connectivity index (χ0n) is 12.1. The predicted octanol–water partition coefficient (Wildman–Crippen LogP) is 4.96. The van der Waals surface area contributed by atoms with Crippen molar-refractivity contribution in [2.45, 2.75) is 30.8 Å². The second-order valence-corrected chi connectivity index (χ2v) is 5.81. The van der Waals surface area contributed by atoms with Crippen LogP contribution in [-0.4, -0.2) is 6.26 Å². The average molecular weight is 289 g/mol. The molecule has 0 radical (unpaired) electrons. The van der Waals surface area contributed by atoms with Crippen molar-refractivity contribution in [2.24, 2.45) is 0 Å². The number of nitrogens with one attached hydrogen (secondary N) is 1. The zero-order valence-corrected chi connectivity index (χ0v) is 12.9. The van der Waals surface area contributed by atoms with Crippen LogP contribution >= 0.6 is 11.8 Å². The second-order valence-electron chi connectivity index (χ2n) is 4.93. The third kappa shape index (κ3) is 3.84. The van der Waals surface area contributed by atoms with Crippen LogP contribution in [0.2, 0.25) is 0 Å². The first-order valence-corrected chi connectivity index (χ1v) is 7.98. The molecule has 2 unspecified atom stereocenters. The number of hydrogen-bond donors (Lipinski definition) is 1. The number of thioether (sulfide) groups is 1. The fraction of sp³-hybridized carbons (Fsp3) is 0.294. The van der Waals surface area contributed by atoms with Crippen LogP contribution < -0.4 is 5.32 Å². The highest BCUT2D eigenvalue weighted by Gasteiger charge is 2.11. The third-order valence-electron chi connectivity index (χ3n) is 3.49. The summed E-state index contributed by atoms with van der Waals surface area (Å²) in [6, 6.07) is 15.7. The molecule has 3 heteroatoms. The van der Waals surface area contributed by atoms with Gasteiger partial charge in [-0.05, 0) is 55.5 Å². The summed E-state index contributed by atoms with van der Waals surface area (Å²) < 4.78 is 12.9. The van der Waals surface area contributed by atoms with Gasteiger partial charge in [0.1, 0.15) is 5.82 Å². The van der Waals surface area contributed by atoms with Crippen molar-refractivity contribution in [3.05, 3.63) is 65.5 Å². The quantitative estimate of drug-likeness (QED) is 0.781. The summed E-state index contributed by atoms with van der Waals surface area (Å²) >= 11 is 1.75. The maximum Gasteiger partial charge on any atom is 0.123 e. The molecule has 0 heterocycles. The van der Waals surface area contributed by atoms with Crippen LogP contribution in [0.25, 0.3) is 0 Å². The van der Waals surface area contributed by atoms with Crippen molar-refractivity contribution in [1.29, 1.82) is 0 Å². The molecule has 106 valence electrons. The zero-order chi connectivity index (χ0) is 14.5. The van der Waals surface area contributed by atoms with Gasteiger partial charge in [0, 0.05) is 17.0 Å². The molecular weight excluding hydrogens is 269 g/mol. The van der Waals surface area contributed by atoms with E-state index in [0.29, 0.717) is 0 Å². The normalized spacial score (nSPS) is 14.0. The summed E-state index contributed by atoms with van der Waals surface area (Å²) in [6.45, 7) is 4.24. The Morgan fingerprint density at radius 1 is 0.850 bits per heavy atom. The summed E-state index contributed by atoms with van der Waals surface area (Å²) in [5, 5.41) is 3.54. The van der Waals surface area contributed by atoms with Crippen LogP contribution in [0, 0.1) is 5.82 Å². The van der Waals surface area contributed by atoms with Crippen molar-refractivity contribution in [1.82, 2.24) is 5.32 Å². The molecule has 2 rings (SSSR count). The van der Waals surface area contributed by atoms with Gasteiger partial charge in [-0.1, -0.05) is 24.3 Å². The van der Waals surface area contributed by atoms with Crippen molar-refractivity contribution in [2.75, 3.05) is 6.26 Å². The van der Waals surface area contributed by atoms with Gasteiger partial charge < -0.3 is 5.32 Å². The molecule has 0 saturated carbocycles. The molecule has 1 N–H and O–H groups in total. The van der Waals surface area contributed by atoms with E-state index >= 15 is 0 Å². The molecule has 0 aliphatic heterocycles. The van der Waals surface area contributed by atoms with Crippen LogP contribution in [0.5, 0.6) is 0 Å². The molecule has 0 amide bonds. The second kappa shape index (κ2) is 6.91. The van der Waals surface area contributed by atoms with Crippen molar-refractivity contribution in [3.63, 3.8) is 0 Å². The standard InChI is InChI=1S/C17H20FNS/c1-12(14-4-8-16(18)9-5-14)19-13(2)15-6-10-17(20-3)11-7-15/h4-13,19H,1-3H3. The molecule has 20 heavy (non-hydrogen) atoms. The first-order chi connectivity index (χ1) is 9.60. The first kappa shape index (κ1) is 15.1. The molecule has 2 aromatic carbocycles. The minimum absolute atomic E-state index is 0.186. The summed E-state index contributed by atoms with van der Waals surface area (Å²) in [4.78, 5) is 1.27. The van der Waals surface area contributed by atoms with Crippen LogP contribution in [0.3, 0.4) is 0 Å². The number of hydrogen-bond acceptors (Lipinski definition) is 2. The van der Waals surface area contributed by atoms with Gasteiger partial charge >= 0.3 is 0 Å². The van der Waals surface area contributed by atoms with E-state index in [-0.39, 0.29) is 17.9 Å². The molecular formula is C17H20FNS. The van der Waals surface area contributed by atoms with E-state index in [4.69, 9.17) is 0 Å². The van der Waals surface area contributed by atoms with E-state index in [1.54, 1.807) is 11.8 Å². The van der Waals surface area contributed by atoms with Gasteiger partial charge in [0.05, 0.1) is 0 Å². The van der Waals surface area contributed by atoms with Crippen molar-refractivity contribution >= 4 is 11.8 Å². The smallest absolute Gasteiger partial charge is 0.123 e. The SMILES string of the molecule is CSc1ccc(C(C)NC(C)c2ccc(F)cc2)cc1. The molecule has 0 spiro atoms. The molecule has 0 fully saturated rings. The van der Waals surface area contributed by atoms with E-state index in [9.17, 15) is 4.39 Å². The molecule has 2 aromatic rings. The summed E-state index contributed by atoms with van der Waals surface area (Å²) in [5.74, 6) is -0.193. The highest BCUT2D eigenvalue weighted by atomic mass is 32.2. The number of rotatable bonds is 5. The molecule has 0 aliphatic rings. The molecule has 2 atom stereocenters. The highest BCUT2D eigenvalue weighted by Crippen LogP contribution is 2.22. The van der Waals surface area contributed by atoms with Crippen LogP contribution in [0.15, 0.2) is 53.4 Å². The minimum Gasteiger partial charge on any atom is -0.304 e. The van der Waals surface area contributed by atoms with Gasteiger partial charge in [-0.15, -0.1) is 11.8 Å². The highest BCUT2D eigenvalue weighted by molar-refractivity contribution is 7.98. The van der Waals surface area contributed by atoms with Gasteiger partial charge in [0.25, 0.3) is 0 Å². The van der Waals surface area contributed by atoms with E-state index in [1.165, 1.54) is 22.6 Å². The largest absolute Gasteiger partial charge is 0.304 e. The Morgan fingerprint density at radius 2 is 1.30 bits per heavy atom. The maximum absolute atomic E-state index is 12.9. The Hall–Kier alpha value is -1.32. The Morgan fingerprint density at radius 3 is 1.75 bits per heavy atom. The molecule has 1 nitrogen and oxygen atoms in total. The topological polar surface area (TPSA) is 12.0 Å². The van der Waals surface area contributed by atoms with Gasteiger partial charge in [-0.25, -0.2) is 4.39 Å². The Bertz CT molecular complexity index is 536. The van der Waals surface area contributed by atoms with E-state index in [0.717, 1.165) is 5.56 Å². The monoisotopic (exact) mass is 289 g/mol. The van der Waals surface area contributed by atoms with Crippen LogP contribution in [0.4, 0.5) is 4.39 Å². The lowest BCUT2D eigenvalue weighted by molar-refractivity contribution is 0.493. The van der Waals surface area contributed by atoms with Crippen molar-refractivity contribution < 1.29 is 4.39 Å². The van der Waals surface area contributed by atoms with Gasteiger partial charge in [0.2, 0.25) is 0 Å². The van der Waals surface area contributed by atoms with Crippen molar-refractivity contribution in [3.8, 4) is 0 Å². The van der Waals surface area contributed by atoms with Gasteiger partial charge in [0.15, 0.2) is 0 Å². The van der Waals surface area contributed by atoms with E-state index in [2.05, 4.69) is 49.7 Å². The van der Waals surface area contributed by atoms with E-state index in [1.807, 2.05) is 12.1 Å². The summed E-state index contributed by atoms with van der Waals surface area (Å²) in [7, 11) is 0. The van der Waals surface area contributed by atoms with Crippen LogP contribution in [-0.2, 0) is 0 Å². The summed E-state index contributed by atoms with van der Waals surface area (Å²) in [5.41, 5.74) is 2.36. The third-order valence-corrected chi connectivity index (χ3v) is 4.23. The van der Waals surface area contributed by atoms with Gasteiger partial charge in [-0.3, -0.25) is 0 Å². The molecule has 0 saturated heterocycles. The fourth-order valence-electron chi connectivity index (χ4n) is 2.21. The Kier molecular flexibility index (Phi) is 5.21. The molecule has 0 bridgehead atoms. The Balaban J connectivity index is 2.02. The lowest BCUT2D eigenvalue weighted by Crippen LogP contribution is -2.22. The predicted molar refractivity (Wildman–Crippen MR) is 84.6 cm³/mol. The summed E-state index contributed by atoms with van der Waals surface area (Å²) in [6.07, 6.45) is 2.08. The fourth-order valence-corrected chi connectivity index (χ4v) is 2.62. The van der Waals surface area contributed by atoms with Gasteiger partial charge in [-0.2, -0.15) is 0 Å². The lowest BCUT2D eigenvalue weighted by Gasteiger charge is -2.21. The number of benzene rings is 2. The average Bonchev–Trinajstić information content (AvgIpc) is 2.48. The molecule has 0 aromatic heterocycles. The van der Waals surface area contributed by atoms with E-state index < -0.39 is 0 Å². The Labute approximate surface area is 124 Å².